The van der Waals surface area contributed by atoms with Crippen LogP contribution in [0.3, 0.4) is 0 Å². The number of aliphatic hydroxyl groups is 1. The first kappa shape index (κ1) is 10.8. The van der Waals surface area contributed by atoms with Crippen molar-refractivity contribution in [3.05, 3.63) is 23.8 Å². The molecule has 0 aliphatic rings. The summed E-state index contributed by atoms with van der Waals surface area (Å²) in [7, 11) is 0. The van der Waals surface area contributed by atoms with Crippen LogP contribution < -0.4 is 16.8 Å². The van der Waals surface area contributed by atoms with Crippen LogP contribution in [-0.2, 0) is 0 Å². The van der Waals surface area contributed by atoms with Gasteiger partial charge in [0.25, 0.3) is 0 Å². The quantitative estimate of drug-likeness (QED) is 0.429. The van der Waals surface area contributed by atoms with Crippen LogP contribution in [0, 0.1) is 0 Å². The van der Waals surface area contributed by atoms with Crippen LogP contribution in [0.15, 0.2) is 18.2 Å². The number of anilines is 2. The highest BCUT2D eigenvalue weighted by molar-refractivity contribution is 5.67. The van der Waals surface area contributed by atoms with Crippen LogP contribution >= 0.6 is 0 Å². The van der Waals surface area contributed by atoms with E-state index in [1.54, 1.807) is 12.1 Å². The molecule has 1 aromatic rings. The van der Waals surface area contributed by atoms with Crippen LogP contribution in [0.5, 0.6) is 0 Å². The van der Waals surface area contributed by atoms with E-state index in [2.05, 4.69) is 5.32 Å². The van der Waals surface area contributed by atoms with Gasteiger partial charge in [0.15, 0.2) is 0 Å². The van der Waals surface area contributed by atoms with Crippen molar-refractivity contribution in [2.75, 3.05) is 11.1 Å². The number of hydrogen-bond acceptors (Lipinski definition) is 4. The summed E-state index contributed by atoms with van der Waals surface area (Å²) >= 11 is 0. The lowest BCUT2D eigenvalue weighted by atomic mass is 10.1. The van der Waals surface area contributed by atoms with Gasteiger partial charge in [-0.2, -0.15) is 0 Å². The van der Waals surface area contributed by atoms with Gasteiger partial charge in [-0.3, -0.25) is 0 Å². The molecule has 1 aromatic carbocycles. The molecule has 0 aliphatic heterocycles. The molecule has 0 heterocycles. The number of rotatable bonds is 3. The molecule has 4 heteroatoms. The predicted molar refractivity (Wildman–Crippen MR) is 58.8 cm³/mol. The van der Waals surface area contributed by atoms with Crippen molar-refractivity contribution in [1.82, 2.24) is 0 Å². The molecule has 6 N–H and O–H groups in total. The molecule has 0 aliphatic carbocycles. The van der Waals surface area contributed by atoms with Gasteiger partial charge in [0.1, 0.15) is 6.23 Å². The number of nitrogens with two attached hydrogens (primary N) is 2. The normalized spacial score (nSPS) is 12.9. The highest BCUT2D eigenvalue weighted by Crippen LogP contribution is 2.22. The van der Waals surface area contributed by atoms with Gasteiger partial charge < -0.3 is 21.9 Å². The molecule has 0 bridgehead atoms. The Morgan fingerprint density at radius 2 is 2.00 bits per heavy atom. The summed E-state index contributed by atoms with van der Waals surface area (Å²) in [6.07, 6.45) is -0.967. The average Bonchev–Trinajstić information content (AvgIpc) is 2.07. The van der Waals surface area contributed by atoms with Crippen molar-refractivity contribution in [3.63, 3.8) is 0 Å². The number of aliphatic hydroxyl groups excluding tert-OH is 1. The van der Waals surface area contributed by atoms with Gasteiger partial charge >= 0.3 is 0 Å². The Hall–Kier alpha value is -1.26. The lowest BCUT2D eigenvalue weighted by Gasteiger charge is -2.14. The third-order valence-electron chi connectivity index (χ3n) is 1.86. The van der Waals surface area contributed by atoms with Crippen LogP contribution in [0.4, 0.5) is 11.4 Å². The molecule has 0 saturated heterocycles. The minimum atomic E-state index is -0.967. The predicted octanol–water partition coefficient (Wildman–Crippen LogP) is 1.04. The number of nitrogens with one attached hydrogen (secondary N) is 1. The van der Waals surface area contributed by atoms with Crippen molar-refractivity contribution >= 4 is 11.4 Å². The van der Waals surface area contributed by atoms with Gasteiger partial charge in [-0.1, -0.05) is 6.07 Å². The van der Waals surface area contributed by atoms with Crippen LogP contribution in [-0.4, -0.2) is 11.1 Å². The Morgan fingerprint density at radius 3 is 2.43 bits per heavy atom. The summed E-state index contributed by atoms with van der Waals surface area (Å²) in [6, 6.07) is 5.58. The Bertz CT molecular complexity index is 310. The smallest absolute Gasteiger partial charge is 0.128 e. The number of hydrogen-bond donors (Lipinski definition) is 4. The standard InChI is InChI=1S/C10H17N3O/c1-6(2)13-9-4-3-7(10(12)14)5-8(9)11/h3-6,10,13-14H,11-12H2,1-2H3. The van der Waals surface area contributed by atoms with Gasteiger partial charge in [0.2, 0.25) is 0 Å². The van der Waals surface area contributed by atoms with E-state index >= 15 is 0 Å². The molecule has 1 atom stereocenters. The first-order chi connectivity index (χ1) is 6.50. The molecule has 1 unspecified atom stereocenters. The highest BCUT2D eigenvalue weighted by atomic mass is 16.3. The summed E-state index contributed by atoms with van der Waals surface area (Å²) in [6.45, 7) is 4.07. The molecule has 1 rings (SSSR count). The molecule has 0 spiro atoms. The lowest BCUT2D eigenvalue weighted by molar-refractivity contribution is 0.186. The maximum absolute atomic E-state index is 9.12. The summed E-state index contributed by atoms with van der Waals surface area (Å²) in [5.41, 5.74) is 13.2. The van der Waals surface area contributed by atoms with E-state index < -0.39 is 6.23 Å². The maximum atomic E-state index is 9.12. The van der Waals surface area contributed by atoms with E-state index in [0.29, 0.717) is 17.3 Å². The molecule has 4 nitrogen and oxygen atoms in total. The summed E-state index contributed by atoms with van der Waals surface area (Å²) < 4.78 is 0. The third-order valence-corrected chi connectivity index (χ3v) is 1.86. The first-order valence-corrected chi connectivity index (χ1v) is 4.60. The Morgan fingerprint density at radius 1 is 1.36 bits per heavy atom. The summed E-state index contributed by atoms with van der Waals surface area (Å²) in [5, 5.41) is 12.3. The fraction of sp³-hybridized carbons (Fsp3) is 0.400. The number of nitrogen functional groups attached to an aromatic ring is 1. The van der Waals surface area contributed by atoms with E-state index in [9.17, 15) is 0 Å². The van der Waals surface area contributed by atoms with Crippen LogP contribution in [0.25, 0.3) is 0 Å². The minimum Gasteiger partial charge on any atom is -0.397 e. The average molecular weight is 195 g/mol. The van der Waals surface area contributed by atoms with Crippen molar-refractivity contribution in [3.8, 4) is 0 Å². The van der Waals surface area contributed by atoms with Gasteiger partial charge in [-0.05, 0) is 31.5 Å². The molecule has 14 heavy (non-hydrogen) atoms. The van der Waals surface area contributed by atoms with E-state index in [1.807, 2.05) is 19.9 Å². The lowest BCUT2D eigenvalue weighted by Crippen LogP contribution is -2.13. The van der Waals surface area contributed by atoms with Crippen LogP contribution in [0.1, 0.15) is 25.6 Å². The Balaban J connectivity index is 2.90. The second-order valence-electron chi connectivity index (χ2n) is 3.59. The SMILES string of the molecule is CC(C)Nc1ccc(C(N)O)cc1N. The molecule has 0 aromatic heterocycles. The fourth-order valence-electron chi connectivity index (χ4n) is 1.21. The fourth-order valence-corrected chi connectivity index (χ4v) is 1.21. The molecule has 0 amide bonds. The van der Waals surface area contributed by atoms with Crippen molar-refractivity contribution in [2.45, 2.75) is 26.1 Å². The zero-order valence-electron chi connectivity index (χ0n) is 8.49. The van der Waals surface area contributed by atoms with E-state index in [1.165, 1.54) is 0 Å². The van der Waals surface area contributed by atoms with Crippen molar-refractivity contribution in [1.29, 1.82) is 0 Å². The number of benzene rings is 1. The molecule has 0 fully saturated rings. The zero-order valence-corrected chi connectivity index (χ0v) is 8.49. The van der Waals surface area contributed by atoms with Crippen molar-refractivity contribution < 1.29 is 5.11 Å². The van der Waals surface area contributed by atoms with Gasteiger partial charge in [0, 0.05) is 6.04 Å². The minimum absolute atomic E-state index is 0.325. The monoisotopic (exact) mass is 195 g/mol. The molecule has 78 valence electrons. The molecule has 0 radical (unpaired) electrons. The van der Waals surface area contributed by atoms with Gasteiger partial charge in [-0.25, -0.2) is 0 Å². The Labute approximate surface area is 83.9 Å². The maximum Gasteiger partial charge on any atom is 0.128 e. The van der Waals surface area contributed by atoms with Gasteiger partial charge in [-0.15, -0.1) is 0 Å². The second kappa shape index (κ2) is 4.30. The zero-order chi connectivity index (χ0) is 10.7. The first-order valence-electron chi connectivity index (χ1n) is 4.60. The molecule has 0 saturated carbocycles. The van der Waals surface area contributed by atoms with E-state index in [-0.39, 0.29) is 0 Å². The molecular weight excluding hydrogens is 178 g/mol. The van der Waals surface area contributed by atoms with Crippen molar-refractivity contribution in [2.24, 2.45) is 5.73 Å². The molecular formula is C10H17N3O. The second-order valence-corrected chi connectivity index (χ2v) is 3.59. The summed E-state index contributed by atoms with van der Waals surface area (Å²) in [4.78, 5) is 0. The van der Waals surface area contributed by atoms with Crippen LogP contribution in [0.2, 0.25) is 0 Å². The van der Waals surface area contributed by atoms with E-state index in [0.717, 1.165) is 5.69 Å². The van der Waals surface area contributed by atoms with Gasteiger partial charge in [0.05, 0.1) is 11.4 Å². The Kier molecular flexibility index (Phi) is 3.33. The summed E-state index contributed by atoms with van der Waals surface area (Å²) in [5.74, 6) is 0. The van der Waals surface area contributed by atoms with E-state index in [4.69, 9.17) is 16.6 Å². The topological polar surface area (TPSA) is 84.3 Å². The largest absolute Gasteiger partial charge is 0.397 e. The third kappa shape index (κ3) is 2.61. The highest BCUT2D eigenvalue weighted by Gasteiger charge is 2.05.